The molecule has 0 radical (unpaired) electrons. The van der Waals surface area contributed by atoms with E-state index in [4.69, 9.17) is 17.3 Å². The van der Waals surface area contributed by atoms with Crippen molar-refractivity contribution in [2.75, 3.05) is 11.9 Å². The zero-order valence-corrected chi connectivity index (χ0v) is 18.1. The molecule has 32 heavy (non-hydrogen) atoms. The van der Waals surface area contributed by atoms with Crippen LogP contribution in [0.3, 0.4) is 0 Å². The van der Waals surface area contributed by atoms with E-state index in [0.717, 1.165) is 27.6 Å². The molecule has 1 aromatic heterocycles. The summed E-state index contributed by atoms with van der Waals surface area (Å²) in [7, 11) is 0. The number of carbonyl (C=O) groups excluding carboxylic acids is 2. The van der Waals surface area contributed by atoms with Gasteiger partial charge in [0.25, 0.3) is 5.91 Å². The fourth-order valence-corrected chi connectivity index (χ4v) is 4.57. The molecule has 0 saturated carbocycles. The first-order chi connectivity index (χ1) is 15.3. The van der Waals surface area contributed by atoms with Crippen molar-refractivity contribution in [3.63, 3.8) is 0 Å². The molecule has 0 bridgehead atoms. The molecule has 0 spiro atoms. The lowest BCUT2D eigenvalue weighted by Gasteiger charge is -2.10. The maximum atomic E-state index is 13.1. The van der Waals surface area contributed by atoms with E-state index in [1.807, 2.05) is 24.3 Å². The average molecular weight is 470 g/mol. The lowest BCUT2D eigenvalue weighted by molar-refractivity contribution is -0.140. The number of carboxylic acid groups (broad SMARTS) is 1. The Bertz CT molecular complexity index is 1280. The van der Waals surface area contributed by atoms with Crippen LogP contribution < -0.4 is 5.32 Å². The third-order valence-corrected chi connectivity index (χ3v) is 6.09. The Morgan fingerprint density at radius 2 is 1.84 bits per heavy atom. The monoisotopic (exact) mass is 469 g/mol. The van der Waals surface area contributed by atoms with Crippen LogP contribution in [0, 0.1) is 5.82 Å². The Morgan fingerprint density at radius 3 is 2.56 bits per heavy atom. The van der Waals surface area contributed by atoms with Gasteiger partial charge in [0.05, 0.1) is 4.91 Å². The van der Waals surface area contributed by atoms with Crippen LogP contribution in [0.4, 0.5) is 10.1 Å². The zero-order chi connectivity index (χ0) is 22.8. The number of aliphatic carboxylic acids is 1. The van der Waals surface area contributed by atoms with Gasteiger partial charge >= 0.3 is 5.97 Å². The Morgan fingerprint density at radius 1 is 1.12 bits per heavy atom. The summed E-state index contributed by atoms with van der Waals surface area (Å²) in [4.78, 5) is 37.5. The largest absolute Gasteiger partial charge is 0.480 e. The van der Waals surface area contributed by atoms with Gasteiger partial charge < -0.3 is 15.0 Å². The molecule has 1 fully saturated rings. The molecule has 2 aromatic carbocycles. The van der Waals surface area contributed by atoms with Gasteiger partial charge in [-0.15, -0.1) is 0 Å². The molecule has 3 aromatic rings. The van der Waals surface area contributed by atoms with Gasteiger partial charge in [0, 0.05) is 28.4 Å². The van der Waals surface area contributed by atoms with E-state index in [1.165, 1.54) is 24.3 Å². The number of nitrogens with one attached hydrogen (secondary N) is 1. The number of benzene rings is 2. The molecule has 162 valence electrons. The molecule has 4 rings (SSSR count). The second-order valence-electron chi connectivity index (χ2n) is 6.95. The number of nitrogens with zero attached hydrogens (tertiary/aromatic N) is 2. The lowest BCUT2D eigenvalue weighted by atomic mass is 10.1. The number of carboxylic acids is 1. The fourth-order valence-electron chi connectivity index (χ4n) is 3.32. The van der Waals surface area contributed by atoms with Crippen molar-refractivity contribution >= 4 is 68.8 Å². The van der Waals surface area contributed by atoms with Gasteiger partial charge in [0.2, 0.25) is 5.91 Å². The van der Waals surface area contributed by atoms with Crippen molar-refractivity contribution in [1.82, 2.24) is 9.47 Å². The minimum atomic E-state index is -1.15. The summed E-state index contributed by atoms with van der Waals surface area (Å²) in [6.45, 7) is -0.487. The van der Waals surface area contributed by atoms with Crippen LogP contribution in [0.1, 0.15) is 5.56 Å². The van der Waals surface area contributed by atoms with Gasteiger partial charge in [-0.25, -0.2) is 4.39 Å². The average Bonchev–Trinajstić information content (AvgIpc) is 3.22. The van der Waals surface area contributed by atoms with E-state index >= 15 is 0 Å². The lowest BCUT2D eigenvalue weighted by Crippen LogP contribution is -2.33. The van der Waals surface area contributed by atoms with Crippen molar-refractivity contribution in [3.05, 3.63) is 71.0 Å². The minimum Gasteiger partial charge on any atom is -0.480 e. The van der Waals surface area contributed by atoms with Gasteiger partial charge in [0.15, 0.2) is 0 Å². The number of para-hydroxylation sites is 1. The van der Waals surface area contributed by atoms with Gasteiger partial charge in [-0.2, -0.15) is 0 Å². The Kier molecular flexibility index (Phi) is 6.06. The number of thiocarbonyl (C=S) groups is 1. The summed E-state index contributed by atoms with van der Waals surface area (Å²) < 4.78 is 15.0. The summed E-state index contributed by atoms with van der Waals surface area (Å²) in [6.07, 6.45) is 3.40. The molecule has 10 heteroatoms. The molecule has 2 N–H and O–H groups in total. The Hall–Kier alpha value is -3.50. The number of aromatic nitrogens is 1. The van der Waals surface area contributed by atoms with E-state index in [-0.39, 0.29) is 16.8 Å². The number of anilines is 1. The first-order valence-electron chi connectivity index (χ1n) is 9.42. The van der Waals surface area contributed by atoms with Crippen LogP contribution in [0.25, 0.3) is 17.0 Å². The maximum absolute atomic E-state index is 13.1. The van der Waals surface area contributed by atoms with Crippen LogP contribution in [0.15, 0.2) is 59.6 Å². The number of hydrogen-bond donors (Lipinski definition) is 2. The standard InChI is InChI=1S/C22H16FN3O4S2/c23-14-5-7-15(8-6-14)24-19(27)11-25-10-13(16-3-1-2-4-17(16)25)9-18-21(30)26(12-20(28)29)22(31)32-18/h1-10H,11-12H2,(H,24,27)(H,28,29). The smallest absolute Gasteiger partial charge is 0.323 e. The third kappa shape index (κ3) is 4.56. The highest BCUT2D eigenvalue weighted by Gasteiger charge is 2.33. The first kappa shape index (κ1) is 21.7. The first-order valence-corrected chi connectivity index (χ1v) is 10.6. The van der Waals surface area contributed by atoms with Crippen molar-refractivity contribution in [2.45, 2.75) is 6.54 Å². The summed E-state index contributed by atoms with van der Waals surface area (Å²) in [5.74, 6) is -2.30. The van der Waals surface area contributed by atoms with Crippen LogP contribution in [-0.2, 0) is 20.9 Å². The van der Waals surface area contributed by atoms with Crippen molar-refractivity contribution in [1.29, 1.82) is 0 Å². The predicted octanol–water partition coefficient (Wildman–Crippen LogP) is 3.70. The van der Waals surface area contributed by atoms with E-state index in [0.29, 0.717) is 16.2 Å². The number of hydrogen-bond acceptors (Lipinski definition) is 5. The third-order valence-electron chi connectivity index (χ3n) is 4.71. The number of amides is 2. The second kappa shape index (κ2) is 8.93. The Balaban J connectivity index is 1.60. The summed E-state index contributed by atoms with van der Waals surface area (Å²) in [6, 6.07) is 12.9. The normalized spacial score (nSPS) is 15.0. The molecule has 7 nitrogen and oxygen atoms in total. The molecular weight excluding hydrogens is 453 g/mol. The number of fused-ring (bicyclic) bond motifs is 1. The van der Waals surface area contributed by atoms with Crippen LogP contribution in [0.5, 0.6) is 0 Å². The Labute approximate surface area is 191 Å². The van der Waals surface area contributed by atoms with Crippen LogP contribution in [0.2, 0.25) is 0 Å². The molecule has 1 aliphatic heterocycles. The molecule has 1 saturated heterocycles. The number of rotatable bonds is 6. The summed E-state index contributed by atoms with van der Waals surface area (Å²) in [5.41, 5.74) is 1.97. The molecule has 1 aliphatic rings. The highest BCUT2D eigenvalue weighted by molar-refractivity contribution is 8.26. The quantitative estimate of drug-likeness (QED) is 0.423. The number of carbonyl (C=O) groups is 3. The topological polar surface area (TPSA) is 91.6 Å². The van der Waals surface area contributed by atoms with Crippen LogP contribution >= 0.6 is 24.0 Å². The molecule has 0 atom stereocenters. The predicted molar refractivity (Wildman–Crippen MR) is 124 cm³/mol. The molecule has 0 aliphatic carbocycles. The highest BCUT2D eigenvalue weighted by Crippen LogP contribution is 2.34. The van der Waals surface area contributed by atoms with Gasteiger partial charge in [-0.05, 0) is 36.4 Å². The van der Waals surface area contributed by atoms with E-state index < -0.39 is 24.2 Å². The summed E-state index contributed by atoms with van der Waals surface area (Å²) in [5, 5.41) is 12.5. The highest BCUT2D eigenvalue weighted by atomic mass is 32.2. The molecule has 0 unspecified atom stereocenters. The van der Waals surface area contributed by atoms with Crippen molar-refractivity contribution in [3.8, 4) is 0 Å². The van der Waals surface area contributed by atoms with Crippen LogP contribution in [-0.4, -0.2) is 43.2 Å². The SMILES string of the molecule is O=C(O)CN1C(=O)C(=Cc2cn(CC(=O)Nc3ccc(F)cc3)c3ccccc23)SC1=S. The number of thioether (sulfide) groups is 1. The van der Waals surface area contributed by atoms with E-state index in [1.54, 1.807) is 16.8 Å². The van der Waals surface area contributed by atoms with Crippen molar-refractivity contribution < 1.29 is 23.9 Å². The molecule has 2 heterocycles. The zero-order valence-electron chi connectivity index (χ0n) is 16.4. The molecular formula is C22H16FN3O4S2. The minimum absolute atomic E-state index is 0.00566. The van der Waals surface area contributed by atoms with Crippen molar-refractivity contribution in [2.24, 2.45) is 0 Å². The molecule has 2 amide bonds. The summed E-state index contributed by atoms with van der Waals surface area (Å²) >= 11 is 6.18. The fraction of sp³-hybridized carbons (Fsp3) is 0.0909. The van der Waals surface area contributed by atoms with E-state index in [2.05, 4.69) is 5.32 Å². The van der Waals surface area contributed by atoms with E-state index in [9.17, 15) is 18.8 Å². The second-order valence-corrected chi connectivity index (χ2v) is 8.62. The van der Waals surface area contributed by atoms with Gasteiger partial charge in [-0.3, -0.25) is 19.3 Å². The maximum Gasteiger partial charge on any atom is 0.323 e. The van der Waals surface area contributed by atoms with Gasteiger partial charge in [-0.1, -0.05) is 42.2 Å². The number of halogens is 1. The van der Waals surface area contributed by atoms with Gasteiger partial charge in [0.1, 0.15) is 23.2 Å².